The monoisotopic (exact) mass is 308 g/mol. The molecule has 1 aromatic rings. The number of aliphatic hydroxyl groups is 1. The first-order valence-corrected chi connectivity index (χ1v) is 7.77. The molecule has 2 N–H and O–H groups in total. The Hall–Kier alpha value is -1.43. The number of methoxy groups -OCH3 is 1. The number of anilines is 1. The number of aryl methyl sites for hydroxylation is 2. The molecule has 0 bridgehead atoms. The van der Waals surface area contributed by atoms with Crippen LogP contribution in [0.3, 0.4) is 0 Å². The first kappa shape index (κ1) is 18.6. The fourth-order valence-corrected chi connectivity index (χ4v) is 2.50. The van der Waals surface area contributed by atoms with Gasteiger partial charge in [0.25, 0.3) is 0 Å². The second-order valence-corrected chi connectivity index (χ2v) is 5.51. The van der Waals surface area contributed by atoms with Gasteiger partial charge in [0.2, 0.25) is 5.91 Å². The highest BCUT2D eigenvalue weighted by Crippen LogP contribution is 2.22. The number of amides is 1. The molecule has 1 amide bonds. The summed E-state index contributed by atoms with van der Waals surface area (Å²) in [5.41, 5.74) is 3.23. The summed E-state index contributed by atoms with van der Waals surface area (Å²) in [6, 6.07) is 6.11. The van der Waals surface area contributed by atoms with E-state index in [0.29, 0.717) is 6.54 Å². The number of likely N-dealkylation sites (N-methyl/N-ethyl adjacent to an activating group) is 1. The van der Waals surface area contributed by atoms with E-state index in [9.17, 15) is 9.90 Å². The maximum atomic E-state index is 12.2. The fourth-order valence-electron chi connectivity index (χ4n) is 2.50. The van der Waals surface area contributed by atoms with Crippen LogP contribution in [0, 0.1) is 0 Å². The van der Waals surface area contributed by atoms with Crippen LogP contribution in [0.25, 0.3) is 0 Å². The van der Waals surface area contributed by atoms with E-state index in [-0.39, 0.29) is 19.1 Å². The first-order chi connectivity index (χ1) is 10.5. The summed E-state index contributed by atoms with van der Waals surface area (Å²) < 4.78 is 4.89. The molecule has 22 heavy (non-hydrogen) atoms. The van der Waals surface area contributed by atoms with Crippen molar-refractivity contribution in [3.63, 3.8) is 0 Å². The van der Waals surface area contributed by atoms with Gasteiger partial charge in [0.1, 0.15) is 0 Å². The summed E-state index contributed by atoms with van der Waals surface area (Å²) in [5.74, 6) is -0.0669. The second-order valence-electron chi connectivity index (χ2n) is 5.51. The van der Waals surface area contributed by atoms with Crippen molar-refractivity contribution in [1.82, 2.24) is 4.90 Å². The predicted molar refractivity (Wildman–Crippen MR) is 89.2 cm³/mol. The lowest BCUT2D eigenvalue weighted by Crippen LogP contribution is -2.37. The normalized spacial score (nSPS) is 12.5. The van der Waals surface area contributed by atoms with Crippen molar-refractivity contribution in [2.45, 2.75) is 32.8 Å². The van der Waals surface area contributed by atoms with Crippen molar-refractivity contribution in [2.24, 2.45) is 0 Å². The molecule has 0 aromatic heterocycles. The summed E-state index contributed by atoms with van der Waals surface area (Å²) >= 11 is 0. The van der Waals surface area contributed by atoms with Crippen LogP contribution in [0.5, 0.6) is 0 Å². The molecular weight excluding hydrogens is 280 g/mol. The highest BCUT2D eigenvalue weighted by Gasteiger charge is 2.14. The van der Waals surface area contributed by atoms with Crippen molar-refractivity contribution >= 4 is 11.6 Å². The molecule has 0 heterocycles. The minimum Gasteiger partial charge on any atom is -0.389 e. The van der Waals surface area contributed by atoms with Crippen LogP contribution in [-0.2, 0) is 22.4 Å². The maximum absolute atomic E-state index is 12.2. The SMILES string of the molecule is CCc1cccc(CC)c1NC(=O)CN(C)CC(O)COC. The van der Waals surface area contributed by atoms with Crippen LogP contribution in [0.4, 0.5) is 5.69 Å². The van der Waals surface area contributed by atoms with Crippen molar-refractivity contribution in [3.05, 3.63) is 29.3 Å². The number of hydrogen-bond acceptors (Lipinski definition) is 4. The Bertz CT molecular complexity index is 455. The smallest absolute Gasteiger partial charge is 0.238 e. The topological polar surface area (TPSA) is 61.8 Å². The van der Waals surface area contributed by atoms with Crippen LogP contribution in [0.1, 0.15) is 25.0 Å². The van der Waals surface area contributed by atoms with Crippen LogP contribution in [0.15, 0.2) is 18.2 Å². The number of benzene rings is 1. The number of aliphatic hydroxyl groups excluding tert-OH is 1. The number of carbonyl (C=O) groups excluding carboxylic acids is 1. The Morgan fingerprint density at radius 1 is 1.32 bits per heavy atom. The van der Waals surface area contributed by atoms with E-state index in [4.69, 9.17) is 4.74 Å². The molecule has 0 radical (unpaired) electrons. The molecule has 0 aliphatic heterocycles. The van der Waals surface area contributed by atoms with Gasteiger partial charge in [-0.15, -0.1) is 0 Å². The number of ether oxygens (including phenoxy) is 1. The third-order valence-corrected chi connectivity index (χ3v) is 3.56. The molecule has 1 unspecified atom stereocenters. The van der Waals surface area contributed by atoms with Crippen molar-refractivity contribution in [1.29, 1.82) is 0 Å². The second kappa shape index (κ2) is 9.56. The lowest BCUT2D eigenvalue weighted by atomic mass is 10.0. The number of hydrogen-bond donors (Lipinski definition) is 2. The zero-order valence-electron chi connectivity index (χ0n) is 14.1. The van der Waals surface area contributed by atoms with E-state index < -0.39 is 6.10 Å². The lowest BCUT2D eigenvalue weighted by molar-refractivity contribution is -0.117. The lowest BCUT2D eigenvalue weighted by Gasteiger charge is -2.21. The summed E-state index contributed by atoms with van der Waals surface area (Å²) in [7, 11) is 3.36. The van der Waals surface area contributed by atoms with Crippen LogP contribution >= 0.6 is 0 Å². The molecule has 0 aliphatic rings. The summed E-state index contributed by atoms with van der Waals surface area (Å²) in [4.78, 5) is 14.0. The third-order valence-electron chi connectivity index (χ3n) is 3.56. The van der Waals surface area contributed by atoms with Gasteiger partial charge in [0.15, 0.2) is 0 Å². The van der Waals surface area contributed by atoms with Gasteiger partial charge in [-0.2, -0.15) is 0 Å². The molecule has 5 nitrogen and oxygen atoms in total. The van der Waals surface area contributed by atoms with Gasteiger partial charge in [-0.25, -0.2) is 0 Å². The maximum Gasteiger partial charge on any atom is 0.238 e. The number of para-hydroxylation sites is 1. The van der Waals surface area contributed by atoms with Crippen LogP contribution < -0.4 is 5.32 Å². The molecule has 1 atom stereocenters. The van der Waals surface area contributed by atoms with Crippen molar-refractivity contribution < 1.29 is 14.6 Å². The Balaban J connectivity index is 2.65. The molecule has 5 heteroatoms. The Morgan fingerprint density at radius 3 is 2.41 bits per heavy atom. The van der Waals surface area contributed by atoms with E-state index in [1.807, 2.05) is 25.2 Å². The zero-order valence-corrected chi connectivity index (χ0v) is 14.1. The number of carbonyl (C=O) groups is 1. The van der Waals surface area contributed by atoms with Gasteiger partial charge in [-0.3, -0.25) is 9.69 Å². The van der Waals surface area contributed by atoms with Crippen LogP contribution in [0.2, 0.25) is 0 Å². The average Bonchev–Trinajstić information content (AvgIpc) is 2.47. The van der Waals surface area contributed by atoms with Gasteiger partial charge < -0.3 is 15.2 Å². The van der Waals surface area contributed by atoms with Gasteiger partial charge >= 0.3 is 0 Å². The van der Waals surface area contributed by atoms with E-state index in [2.05, 4.69) is 19.2 Å². The summed E-state index contributed by atoms with van der Waals surface area (Å²) in [6.45, 7) is 5.07. The van der Waals surface area contributed by atoms with Gasteiger partial charge in [0.05, 0.1) is 19.3 Å². The summed E-state index contributed by atoms with van der Waals surface area (Å²) in [5, 5.41) is 12.7. The quantitative estimate of drug-likeness (QED) is 0.729. The standard InChI is InChI=1S/C17H28N2O3/c1-5-13-8-7-9-14(6-2)17(13)18-16(21)11-19(3)10-15(20)12-22-4/h7-9,15,20H,5-6,10-12H2,1-4H3,(H,18,21). The van der Waals surface area contributed by atoms with Gasteiger partial charge in [-0.1, -0.05) is 32.0 Å². The van der Waals surface area contributed by atoms with Gasteiger partial charge in [0, 0.05) is 19.3 Å². The average molecular weight is 308 g/mol. The highest BCUT2D eigenvalue weighted by atomic mass is 16.5. The Morgan fingerprint density at radius 2 is 1.91 bits per heavy atom. The molecule has 0 spiro atoms. The number of nitrogens with one attached hydrogen (secondary N) is 1. The van der Waals surface area contributed by atoms with E-state index >= 15 is 0 Å². The van der Waals surface area contributed by atoms with Gasteiger partial charge in [-0.05, 0) is 31.0 Å². The number of rotatable bonds is 9. The molecule has 0 aliphatic carbocycles. The fraction of sp³-hybridized carbons (Fsp3) is 0.588. The zero-order chi connectivity index (χ0) is 16.5. The predicted octanol–water partition coefficient (Wildman–Crippen LogP) is 1.69. The Labute approximate surface area is 133 Å². The highest BCUT2D eigenvalue weighted by molar-refractivity contribution is 5.93. The number of nitrogens with zero attached hydrogens (tertiary/aromatic N) is 1. The van der Waals surface area contributed by atoms with E-state index in [0.717, 1.165) is 29.7 Å². The molecule has 0 fully saturated rings. The minimum absolute atomic E-state index is 0.0669. The summed E-state index contributed by atoms with van der Waals surface area (Å²) in [6.07, 6.45) is 1.18. The van der Waals surface area contributed by atoms with E-state index in [1.165, 1.54) is 0 Å². The molecule has 1 rings (SSSR count). The third kappa shape index (κ3) is 5.75. The minimum atomic E-state index is -0.586. The largest absolute Gasteiger partial charge is 0.389 e. The molecule has 1 aromatic carbocycles. The Kier molecular flexibility index (Phi) is 8.09. The molecule has 0 saturated carbocycles. The molecule has 0 saturated heterocycles. The first-order valence-electron chi connectivity index (χ1n) is 7.77. The van der Waals surface area contributed by atoms with E-state index in [1.54, 1.807) is 12.0 Å². The molecular formula is C17H28N2O3. The van der Waals surface area contributed by atoms with Crippen molar-refractivity contribution in [3.8, 4) is 0 Å². The van der Waals surface area contributed by atoms with Crippen LogP contribution in [-0.4, -0.2) is 55.9 Å². The molecule has 124 valence electrons. The van der Waals surface area contributed by atoms with Crippen molar-refractivity contribution in [2.75, 3.05) is 39.2 Å².